The van der Waals surface area contributed by atoms with Gasteiger partial charge in [0, 0.05) is 13.1 Å². The summed E-state index contributed by atoms with van der Waals surface area (Å²) in [5.41, 5.74) is 1.73. The van der Waals surface area contributed by atoms with Gasteiger partial charge in [-0.25, -0.2) is 0 Å². The number of piperidine rings is 1. The minimum absolute atomic E-state index is 0.189. The highest BCUT2D eigenvalue weighted by atomic mass is 16.2. The minimum atomic E-state index is -0.189. The summed E-state index contributed by atoms with van der Waals surface area (Å²) in [6.07, 6.45) is 2.85. The monoisotopic (exact) mass is 285 g/mol. The molecule has 0 aromatic heterocycles. The summed E-state index contributed by atoms with van der Waals surface area (Å²) < 4.78 is 0. The van der Waals surface area contributed by atoms with Crippen LogP contribution >= 0.6 is 0 Å². The first-order valence-corrected chi connectivity index (χ1v) is 7.59. The highest BCUT2D eigenvalue weighted by molar-refractivity contribution is 5.82. The molecule has 0 spiro atoms. The fourth-order valence-corrected chi connectivity index (χ4v) is 2.71. The van der Waals surface area contributed by atoms with Crippen LogP contribution < -0.4 is 5.32 Å². The first kappa shape index (κ1) is 15.5. The van der Waals surface area contributed by atoms with Crippen LogP contribution in [0.1, 0.15) is 30.9 Å². The molecule has 0 saturated carbocycles. The Balaban J connectivity index is 1.98. The highest BCUT2D eigenvalue weighted by Gasteiger charge is 2.26. The molecule has 1 aliphatic heterocycles. The summed E-state index contributed by atoms with van der Waals surface area (Å²) >= 11 is 0. The number of hydrogen-bond acceptors (Lipinski definition) is 3. The van der Waals surface area contributed by atoms with E-state index in [-0.39, 0.29) is 11.9 Å². The molecule has 1 fully saturated rings. The molecule has 0 aliphatic carbocycles. The highest BCUT2D eigenvalue weighted by Crippen LogP contribution is 2.17. The third-order valence-electron chi connectivity index (χ3n) is 4.26. The molecule has 1 aromatic rings. The number of likely N-dealkylation sites (tertiary alicyclic amines) is 1. The maximum atomic E-state index is 12.6. The minimum Gasteiger partial charge on any atom is -0.341 e. The number of hydrogen-bond donors (Lipinski definition) is 1. The molecule has 1 N–H and O–H groups in total. The van der Waals surface area contributed by atoms with Crippen LogP contribution in [0.15, 0.2) is 24.3 Å². The van der Waals surface area contributed by atoms with E-state index in [1.807, 2.05) is 24.1 Å². The van der Waals surface area contributed by atoms with Gasteiger partial charge in [0.1, 0.15) is 0 Å². The summed E-state index contributed by atoms with van der Waals surface area (Å²) in [5, 5.41) is 11.9. The molecule has 112 valence electrons. The number of carbonyl (C=O) groups is 1. The maximum Gasteiger partial charge on any atom is 0.240 e. The van der Waals surface area contributed by atoms with E-state index < -0.39 is 0 Å². The first-order valence-electron chi connectivity index (χ1n) is 7.59. The summed E-state index contributed by atoms with van der Waals surface area (Å²) in [6, 6.07) is 9.37. The summed E-state index contributed by atoms with van der Waals surface area (Å²) in [7, 11) is 1.83. The predicted octanol–water partition coefficient (Wildman–Crippen LogP) is 1.95. The van der Waals surface area contributed by atoms with Crippen molar-refractivity contribution in [3.8, 4) is 6.07 Å². The molecule has 4 heteroatoms. The lowest BCUT2D eigenvalue weighted by molar-refractivity contribution is -0.134. The second-order valence-electron chi connectivity index (χ2n) is 5.86. The van der Waals surface area contributed by atoms with E-state index >= 15 is 0 Å². The second kappa shape index (κ2) is 7.24. The zero-order valence-corrected chi connectivity index (χ0v) is 12.8. The van der Waals surface area contributed by atoms with Crippen molar-refractivity contribution < 1.29 is 4.79 Å². The van der Waals surface area contributed by atoms with Gasteiger partial charge in [0.25, 0.3) is 0 Å². The lowest BCUT2D eigenvalue weighted by Crippen LogP contribution is -2.49. The van der Waals surface area contributed by atoms with Crippen molar-refractivity contribution in [2.75, 3.05) is 20.1 Å². The van der Waals surface area contributed by atoms with Gasteiger partial charge in [-0.2, -0.15) is 5.26 Å². The molecular weight excluding hydrogens is 262 g/mol. The van der Waals surface area contributed by atoms with Gasteiger partial charge < -0.3 is 10.2 Å². The van der Waals surface area contributed by atoms with Crippen LogP contribution in [0.3, 0.4) is 0 Å². The summed E-state index contributed by atoms with van der Waals surface area (Å²) in [5.74, 6) is 0.911. The van der Waals surface area contributed by atoms with Crippen LogP contribution in [0.2, 0.25) is 0 Å². The Morgan fingerprint density at radius 1 is 1.38 bits per heavy atom. The lowest BCUT2D eigenvalue weighted by atomic mass is 9.97. The van der Waals surface area contributed by atoms with E-state index in [9.17, 15) is 4.79 Å². The number of amides is 1. The van der Waals surface area contributed by atoms with Crippen molar-refractivity contribution in [2.24, 2.45) is 5.92 Å². The van der Waals surface area contributed by atoms with Crippen molar-refractivity contribution in [1.29, 1.82) is 5.26 Å². The van der Waals surface area contributed by atoms with Gasteiger partial charge in [-0.05, 0) is 49.9 Å². The van der Waals surface area contributed by atoms with Gasteiger partial charge in [0.2, 0.25) is 5.91 Å². The largest absolute Gasteiger partial charge is 0.341 e. The Morgan fingerprint density at radius 3 is 2.52 bits per heavy atom. The van der Waals surface area contributed by atoms with Crippen molar-refractivity contribution in [3.05, 3.63) is 35.4 Å². The van der Waals surface area contributed by atoms with Crippen LogP contribution in [0.5, 0.6) is 0 Å². The molecule has 1 heterocycles. The molecule has 1 aliphatic rings. The van der Waals surface area contributed by atoms with Gasteiger partial charge in [0.05, 0.1) is 17.7 Å². The van der Waals surface area contributed by atoms with Gasteiger partial charge >= 0.3 is 0 Å². The van der Waals surface area contributed by atoms with Crippen molar-refractivity contribution >= 4 is 5.91 Å². The van der Waals surface area contributed by atoms with Crippen LogP contribution in [0.25, 0.3) is 0 Å². The van der Waals surface area contributed by atoms with Crippen LogP contribution in [0, 0.1) is 17.2 Å². The molecule has 1 saturated heterocycles. The van der Waals surface area contributed by atoms with Crippen LogP contribution in [0.4, 0.5) is 0 Å². The molecule has 4 nitrogen and oxygen atoms in total. The third kappa shape index (κ3) is 4.05. The van der Waals surface area contributed by atoms with Crippen molar-refractivity contribution in [1.82, 2.24) is 10.2 Å². The molecule has 1 aromatic carbocycles. The standard InChI is InChI=1S/C17H23N3O/c1-13-7-9-20(10-8-13)17(21)16(19-2)11-14-3-5-15(12-18)6-4-14/h3-6,13,16,19H,7-11H2,1-2H3/t16-/m0/s1. The van der Waals surface area contributed by atoms with E-state index in [1.54, 1.807) is 12.1 Å². The van der Waals surface area contributed by atoms with Gasteiger partial charge in [0.15, 0.2) is 0 Å². The number of carbonyl (C=O) groups excluding carboxylic acids is 1. The van der Waals surface area contributed by atoms with Crippen molar-refractivity contribution in [2.45, 2.75) is 32.2 Å². The average Bonchev–Trinajstić information content (AvgIpc) is 2.53. The van der Waals surface area contributed by atoms with E-state index in [2.05, 4.69) is 18.3 Å². The molecule has 0 unspecified atom stereocenters. The van der Waals surface area contributed by atoms with E-state index in [1.165, 1.54) is 0 Å². The number of nitrogens with zero attached hydrogens (tertiary/aromatic N) is 2. The molecule has 1 amide bonds. The molecule has 2 rings (SSSR count). The third-order valence-corrected chi connectivity index (χ3v) is 4.26. The normalized spacial score (nSPS) is 17.3. The quantitative estimate of drug-likeness (QED) is 0.920. The van der Waals surface area contributed by atoms with Crippen LogP contribution in [-0.2, 0) is 11.2 Å². The van der Waals surface area contributed by atoms with Crippen LogP contribution in [-0.4, -0.2) is 37.0 Å². The number of nitriles is 1. The van der Waals surface area contributed by atoms with E-state index in [0.29, 0.717) is 12.0 Å². The van der Waals surface area contributed by atoms with Gasteiger partial charge in [-0.15, -0.1) is 0 Å². The Bertz CT molecular complexity index is 510. The molecule has 1 atom stereocenters. The Kier molecular flexibility index (Phi) is 5.35. The SMILES string of the molecule is CN[C@@H](Cc1ccc(C#N)cc1)C(=O)N1CCC(C)CC1. The van der Waals surface area contributed by atoms with Gasteiger partial charge in [-0.3, -0.25) is 4.79 Å². The number of rotatable bonds is 4. The molecule has 0 bridgehead atoms. The topological polar surface area (TPSA) is 56.1 Å². The van der Waals surface area contributed by atoms with E-state index in [0.717, 1.165) is 37.4 Å². The summed E-state index contributed by atoms with van der Waals surface area (Å²) in [4.78, 5) is 14.6. The fraction of sp³-hybridized carbons (Fsp3) is 0.529. The molecule has 0 radical (unpaired) electrons. The molecule has 21 heavy (non-hydrogen) atoms. The zero-order valence-electron chi connectivity index (χ0n) is 12.8. The predicted molar refractivity (Wildman–Crippen MR) is 82.7 cm³/mol. The Morgan fingerprint density at radius 2 is 2.00 bits per heavy atom. The van der Waals surface area contributed by atoms with Crippen molar-refractivity contribution in [3.63, 3.8) is 0 Å². The zero-order chi connectivity index (χ0) is 15.2. The fourth-order valence-electron chi connectivity index (χ4n) is 2.71. The van der Waals surface area contributed by atoms with Gasteiger partial charge in [-0.1, -0.05) is 19.1 Å². The first-order chi connectivity index (χ1) is 10.1. The molecular formula is C17H23N3O. The number of nitrogens with one attached hydrogen (secondary N) is 1. The van der Waals surface area contributed by atoms with E-state index in [4.69, 9.17) is 5.26 Å². The lowest BCUT2D eigenvalue weighted by Gasteiger charge is -2.33. The number of benzene rings is 1. The summed E-state index contributed by atoms with van der Waals surface area (Å²) in [6.45, 7) is 3.98. The average molecular weight is 285 g/mol. The smallest absolute Gasteiger partial charge is 0.240 e. The second-order valence-corrected chi connectivity index (χ2v) is 5.86. The maximum absolute atomic E-state index is 12.6. The Hall–Kier alpha value is -1.86. The number of likely N-dealkylation sites (N-methyl/N-ethyl adjacent to an activating group) is 1. The Labute approximate surface area is 126 Å².